The average molecular weight is 238 g/mol. The third kappa shape index (κ3) is 1.90. The molecule has 0 fully saturated rings. The molecule has 6 heteroatoms. The number of rotatable bonds is 2. The molecule has 0 aromatic carbocycles. The Bertz CT molecular complexity index is 551. The Kier molecular flexibility index (Phi) is 2.62. The number of carboxylic acids is 1. The topological polar surface area (TPSA) is 68.0 Å². The number of aromatic carboxylic acids is 1. The van der Waals surface area contributed by atoms with E-state index in [1.807, 2.05) is 0 Å². The van der Waals surface area contributed by atoms with Crippen molar-refractivity contribution in [1.29, 1.82) is 0 Å². The van der Waals surface area contributed by atoms with Gasteiger partial charge in [-0.05, 0) is 6.07 Å². The fraction of sp³-hybridized carbons (Fsp3) is 0.100. The highest BCUT2D eigenvalue weighted by atomic mass is 35.5. The van der Waals surface area contributed by atoms with Crippen molar-refractivity contribution in [2.24, 2.45) is 7.05 Å². The Labute approximate surface area is 96.3 Å². The highest BCUT2D eigenvalue weighted by Crippen LogP contribution is 2.25. The molecule has 2 aromatic rings. The zero-order chi connectivity index (χ0) is 11.7. The molecule has 0 aliphatic carbocycles. The first-order chi connectivity index (χ1) is 7.58. The third-order valence-electron chi connectivity index (χ3n) is 2.07. The van der Waals surface area contributed by atoms with Crippen LogP contribution in [-0.2, 0) is 7.05 Å². The van der Waals surface area contributed by atoms with Crippen molar-refractivity contribution in [3.8, 4) is 11.3 Å². The van der Waals surface area contributed by atoms with Gasteiger partial charge in [0.05, 0.1) is 22.5 Å². The minimum atomic E-state index is -1.05. The number of carbonyl (C=O) groups is 1. The van der Waals surface area contributed by atoms with Crippen molar-refractivity contribution >= 4 is 17.6 Å². The molecule has 0 atom stereocenters. The van der Waals surface area contributed by atoms with Gasteiger partial charge in [0.2, 0.25) is 0 Å². The highest BCUT2D eigenvalue weighted by Gasteiger charge is 2.11. The normalized spacial score (nSPS) is 10.4. The Balaban J connectivity index is 2.47. The molecule has 0 saturated heterocycles. The van der Waals surface area contributed by atoms with Crippen LogP contribution in [0.2, 0.25) is 5.02 Å². The molecule has 0 spiro atoms. The summed E-state index contributed by atoms with van der Waals surface area (Å²) in [4.78, 5) is 14.7. The number of aryl methyl sites for hydroxylation is 1. The molecule has 0 bridgehead atoms. The molecule has 2 aromatic heterocycles. The minimum Gasteiger partial charge on any atom is -0.478 e. The van der Waals surface area contributed by atoms with Gasteiger partial charge in [-0.3, -0.25) is 9.67 Å². The third-order valence-corrected chi connectivity index (χ3v) is 2.35. The number of hydrogen-bond acceptors (Lipinski definition) is 3. The molecule has 2 rings (SSSR count). The van der Waals surface area contributed by atoms with Crippen LogP contribution in [0.25, 0.3) is 11.3 Å². The molecule has 0 radical (unpaired) electrons. The summed E-state index contributed by atoms with van der Waals surface area (Å²) in [6.07, 6.45) is 4.65. The van der Waals surface area contributed by atoms with Crippen LogP contribution in [0.1, 0.15) is 10.4 Å². The van der Waals surface area contributed by atoms with Crippen LogP contribution in [-0.4, -0.2) is 25.8 Å². The van der Waals surface area contributed by atoms with Crippen LogP contribution in [0.3, 0.4) is 0 Å². The van der Waals surface area contributed by atoms with Gasteiger partial charge in [-0.2, -0.15) is 5.10 Å². The van der Waals surface area contributed by atoms with Gasteiger partial charge >= 0.3 is 5.97 Å². The van der Waals surface area contributed by atoms with E-state index < -0.39 is 5.97 Å². The highest BCUT2D eigenvalue weighted by molar-refractivity contribution is 6.33. The molecular weight excluding hydrogens is 230 g/mol. The summed E-state index contributed by atoms with van der Waals surface area (Å²) < 4.78 is 1.62. The van der Waals surface area contributed by atoms with Crippen LogP contribution in [0.5, 0.6) is 0 Å². The molecule has 2 heterocycles. The van der Waals surface area contributed by atoms with Gasteiger partial charge in [0, 0.05) is 25.0 Å². The molecule has 5 nitrogen and oxygen atoms in total. The van der Waals surface area contributed by atoms with Crippen molar-refractivity contribution in [3.05, 3.63) is 35.2 Å². The van der Waals surface area contributed by atoms with E-state index in [0.717, 1.165) is 5.56 Å². The van der Waals surface area contributed by atoms with E-state index >= 15 is 0 Å². The second kappa shape index (κ2) is 3.94. The van der Waals surface area contributed by atoms with Gasteiger partial charge < -0.3 is 5.11 Å². The summed E-state index contributed by atoms with van der Waals surface area (Å²) in [7, 11) is 1.78. The van der Waals surface area contributed by atoms with Crippen LogP contribution in [0.4, 0.5) is 0 Å². The summed E-state index contributed by atoms with van der Waals surface area (Å²) >= 11 is 5.95. The van der Waals surface area contributed by atoms with Crippen molar-refractivity contribution in [1.82, 2.24) is 14.8 Å². The molecule has 16 heavy (non-hydrogen) atoms. The summed E-state index contributed by atoms with van der Waals surface area (Å²) in [5.41, 5.74) is 1.35. The summed E-state index contributed by atoms with van der Waals surface area (Å²) in [6, 6.07) is 1.37. The number of carboxylic acid groups (broad SMARTS) is 1. The van der Waals surface area contributed by atoms with E-state index in [0.29, 0.717) is 10.7 Å². The second-order valence-corrected chi connectivity index (χ2v) is 3.67. The molecule has 0 amide bonds. The summed E-state index contributed by atoms with van der Waals surface area (Å²) in [6.45, 7) is 0. The van der Waals surface area contributed by atoms with E-state index in [-0.39, 0.29) is 5.56 Å². The van der Waals surface area contributed by atoms with Crippen molar-refractivity contribution in [2.45, 2.75) is 0 Å². The first kappa shape index (κ1) is 10.6. The summed E-state index contributed by atoms with van der Waals surface area (Å²) in [5.74, 6) is -1.05. The standard InChI is InChI=1S/C10H8ClN3O2/c1-14-5-7(4-13-14)9-8(11)2-6(3-12-9)10(15)16/h2-5H,1H3,(H,15,16). The Morgan fingerprint density at radius 3 is 2.75 bits per heavy atom. The average Bonchev–Trinajstić information content (AvgIpc) is 2.64. The van der Waals surface area contributed by atoms with Gasteiger partial charge in [0.1, 0.15) is 0 Å². The predicted molar refractivity (Wildman–Crippen MR) is 58.4 cm³/mol. The second-order valence-electron chi connectivity index (χ2n) is 3.26. The first-order valence-electron chi connectivity index (χ1n) is 4.46. The quantitative estimate of drug-likeness (QED) is 0.865. The van der Waals surface area contributed by atoms with Crippen molar-refractivity contribution < 1.29 is 9.90 Å². The van der Waals surface area contributed by atoms with Crippen LogP contribution in [0, 0.1) is 0 Å². The fourth-order valence-electron chi connectivity index (χ4n) is 1.31. The molecule has 0 aliphatic rings. The molecule has 0 unspecified atom stereocenters. The number of halogens is 1. The van der Waals surface area contributed by atoms with E-state index in [1.54, 1.807) is 24.1 Å². The maximum atomic E-state index is 10.7. The van der Waals surface area contributed by atoms with Gasteiger partial charge in [0.15, 0.2) is 0 Å². The lowest BCUT2D eigenvalue weighted by atomic mass is 10.2. The van der Waals surface area contributed by atoms with Gasteiger partial charge in [-0.15, -0.1) is 0 Å². The molecule has 0 aliphatic heterocycles. The zero-order valence-corrected chi connectivity index (χ0v) is 9.14. The summed E-state index contributed by atoms with van der Waals surface area (Å²) in [5, 5.41) is 13.1. The fourth-order valence-corrected chi connectivity index (χ4v) is 1.59. The van der Waals surface area contributed by atoms with E-state index in [1.165, 1.54) is 12.3 Å². The zero-order valence-electron chi connectivity index (χ0n) is 8.38. The lowest BCUT2D eigenvalue weighted by molar-refractivity contribution is 0.0696. The minimum absolute atomic E-state index is 0.0673. The van der Waals surface area contributed by atoms with Crippen LogP contribution >= 0.6 is 11.6 Å². The lowest BCUT2D eigenvalue weighted by Gasteiger charge is -2.01. The van der Waals surface area contributed by atoms with Crippen molar-refractivity contribution in [3.63, 3.8) is 0 Å². The first-order valence-corrected chi connectivity index (χ1v) is 4.83. The SMILES string of the molecule is Cn1cc(-c2ncc(C(=O)O)cc2Cl)cn1. The maximum absolute atomic E-state index is 10.7. The van der Waals surface area contributed by atoms with Crippen LogP contribution in [0.15, 0.2) is 24.7 Å². The Hall–Kier alpha value is -1.88. The van der Waals surface area contributed by atoms with E-state index in [9.17, 15) is 4.79 Å². The van der Waals surface area contributed by atoms with Gasteiger partial charge in [-0.1, -0.05) is 11.6 Å². The molecule has 1 N–H and O–H groups in total. The molecule has 82 valence electrons. The molecular formula is C10H8ClN3O2. The Morgan fingerprint density at radius 2 is 2.25 bits per heavy atom. The number of pyridine rings is 1. The van der Waals surface area contributed by atoms with E-state index in [2.05, 4.69) is 10.1 Å². The predicted octanol–water partition coefficient (Wildman–Crippen LogP) is 1.83. The van der Waals surface area contributed by atoms with Crippen LogP contribution < -0.4 is 0 Å². The largest absolute Gasteiger partial charge is 0.478 e. The van der Waals surface area contributed by atoms with Gasteiger partial charge in [0.25, 0.3) is 0 Å². The number of hydrogen-bond donors (Lipinski definition) is 1. The number of nitrogens with zero attached hydrogens (tertiary/aromatic N) is 3. The van der Waals surface area contributed by atoms with Gasteiger partial charge in [-0.25, -0.2) is 4.79 Å². The lowest BCUT2D eigenvalue weighted by Crippen LogP contribution is -1.98. The van der Waals surface area contributed by atoms with E-state index in [4.69, 9.17) is 16.7 Å². The smallest absolute Gasteiger partial charge is 0.337 e. The number of aromatic nitrogens is 3. The monoisotopic (exact) mass is 237 g/mol. The van der Waals surface area contributed by atoms with Crippen molar-refractivity contribution in [2.75, 3.05) is 0 Å². The Morgan fingerprint density at radius 1 is 1.50 bits per heavy atom. The molecule has 0 saturated carbocycles. The maximum Gasteiger partial charge on any atom is 0.337 e.